The van der Waals surface area contributed by atoms with Gasteiger partial charge in [0.2, 0.25) is 0 Å². The van der Waals surface area contributed by atoms with Crippen molar-refractivity contribution in [2.45, 2.75) is 57.0 Å². The predicted octanol–water partition coefficient (Wildman–Crippen LogP) is 3.33. The quantitative estimate of drug-likeness (QED) is 0.909. The third kappa shape index (κ3) is 2.51. The molecule has 2 aliphatic rings. The number of benzene rings is 1. The molecule has 2 heterocycles. The summed E-state index contributed by atoms with van der Waals surface area (Å²) in [6.45, 7) is 2.49. The minimum Gasteiger partial charge on any atom is -0.396 e. The van der Waals surface area contributed by atoms with E-state index in [4.69, 9.17) is 0 Å². The summed E-state index contributed by atoms with van der Waals surface area (Å²) in [5.74, 6) is 1.41. The first-order valence-corrected chi connectivity index (χ1v) is 8.10. The average molecular weight is 273 g/mol. The molecule has 0 radical (unpaired) electrons. The molecule has 3 rings (SSSR count). The van der Waals surface area contributed by atoms with Gasteiger partial charge in [0.1, 0.15) is 0 Å². The van der Waals surface area contributed by atoms with Gasteiger partial charge in [0.05, 0.1) is 0 Å². The summed E-state index contributed by atoms with van der Waals surface area (Å²) in [6, 6.07) is 10.7. The van der Waals surface area contributed by atoms with Crippen LogP contribution in [-0.2, 0) is 0 Å². The van der Waals surface area contributed by atoms with Crippen molar-refractivity contribution in [1.29, 1.82) is 0 Å². The Hall–Kier alpha value is -0.860. The zero-order valence-corrected chi connectivity index (χ0v) is 12.8. The minimum atomic E-state index is 0.330. The first-order valence-electron chi connectivity index (χ1n) is 8.10. The average Bonchev–Trinajstić information content (AvgIpc) is 2.71. The van der Waals surface area contributed by atoms with Gasteiger partial charge in [-0.3, -0.25) is 0 Å². The summed E-state index contributed by atoms with van der Waals surface area (Å²) < 4.78 is 0. The van der Waals surface area contributed by atoms with Crippen LogP contribution >= 0.6 is 0 Å². The van der Waals surface area contributed by atoms with Crippen molar-refractivity contribution >= 4 is 0 Å². The maximum absolute atomic E-state index is 9.21. The molecule has 2 fully saturated rings. The predicted molar refractivity (Wildman–Crippen MR) is 82.9 cm³/mol. The van der Waals surface area contributed by atoms with Crippen molar-refractivity contribution in [3.8, 4) is 0 Å². The number of piperidine rings is 1. The maximum Gasteiger partial charge on any atom is 0.0431 e. The lowest BCUT2D eigenvalue weighted by atomic mass is 9.74. The molecule has 0 aromatic heterocycles. The maximum atomic E-state index is 9.21. The highest BCUT2D eigenvalue weighted by atomic mass is 16.2. The Morgan fingerprint density at radius 3 is 2.65 bits per heavy atom. The lowest BCUT2D eigenvalue weighted by molar-refractivity contribution is 0.0894. The van der Waals surface area contributed by atoms with Crippen molar-refractivity contribution in [1.82, 2.24) is 4.90 Å². The van der Waals surface area contributed by atoms with Gasteiger partial charge in [0, 0.05) is 18.7 Å². The molecule has 2 nitrogen and oxygen atoms in total. The van der Waals surface area contributed by atoms with Gasteiger partial charge >= 0.3 is 0 Å². The van der Waals surface area contributed by atoms with Gasteiger partial charge in [0.25, 0.3) is 0 Å². The van der Waals surface area contributed by atoms with Gasteiger partial charge in [-0.1, -0.05) is 29.8 Å². The standard InChI is InChI=1S/C18H27NO/c1-13-5-7-14(8-6-13)17-12-15-9-10-18(19(15)2)16(17)4-3-11-20/h5-8,15-18,20H,3-4,9-12H2,1-2H3/t15-,16-,17+,18+/m0/s1. The number of aliphatic hydroxyl groups is 1. The number of nitrogens with zero attached hydrogens (tertiary/aromatic N) is 1. The van der Waals surface area contributed by atoms with Crippen LogP contribution in [0.3, 0.4) is 0 Å². The zero-order valence-electron chi connectivity index (χ0n) is 12.8. The van der Waals surface area contributed by atoms with Crippen molar-refractivity contribution < 1.29 is 5.11 Å². The second-order valence-electron chi connectivity index (χ2n) is 6.75. The minimum absolute atomic E-state index is 0.330. The van der Waals surface area contributed by atoms with Crippen LogP contribution in [0.15, 0.2) is 24.3 Å². The molecule has 0 aliphatic carbocycles. The van der Waals surface area contributed by atoms with Crippen LogP contribution in [0.25, 0.3) is 0 Å². The third-order valence-corrected chi connectivity index (χ3v) is 5.63. The fraction of sp³-hybridized carbons (Fsp3) is 0.667. The molecule has 2 heteroatoms. The normalized spacial score (nSPS) is 33.5. The van der Waals surface area contributed by atoms with Gasteiger partial charge in [-0.15, -0.1) is 0 Å². The first-order chi connectivity index (χ1) is 9.70. The number of aliphatic hydroxyl groups excluding tert-OH is 1. The van der Waals surface area contributed by atoms with Crippen LogP contribution in [0.2, 0.25) is 0 Å². The topological polar surface area (TPSA) is 23.5 Å². The molecule has 0 saturated carbocycles. The highest BCUT2D eigenvalue weighted by Gasteiger charge is 2.45. The molecule has 1 aromatic carbocycles. The van der Waals surface area contributed by atoms with Gasteiger partial charge in [-0.2, -0.15) is 0 Å². The number of hydrogen-bond acceptors (Lipinski definition) is 2. The Kier molecular flexibility index (Phi) is 4.13. The van der Waals surface area contributed by atoms with E-state index >= 15 is 0 Å². The molecule has 0 spiro atoms. The van der Waals surface area contributed by atoms with E-state index in [2.05, 4.69) is 43.1 Å². The molecule has 0 amide bonds. The molecule has 0 unspecified atom stereocenters. The van der Waals surface area contributed by atoms with Crippen LogP contribution in [0.1, 0.15) is 49.1 Å². The smallest absolute Gasteiger partial charge is 0.0431 e. The Morgan fingerprint density at radius 2 is 1.95 bits per heavy atom. The summed E-state index contributed by atoms with van der Waals surface area (Å²) >= 11 is 0. The lowest BCUT2D eigenvalue weighted by Gasteiger charge is -2.43. The molecule has 1 N–H and O–H groups in total. The molecule has 2 aliphatic heterocycles. The molecule has 1 aromatic rings. The summed E-state index contributed by atoms with van der Waals surface area (Å²) in [5, 5.41) is 9.21. The number of rotatable bonds is 4. The highest BCUT2D eigenvalue weighted by Crippen LogP contribution is 2.47. The zero-order chi connectivity index (χ0) is 14.1. The van der Waals surface area contributed by atoms with Crippen molar-refractivity contribution in [2.75, 3.05) is 13.7 Å². The summed E-state index contributed by atoms with van der Waals surface area (Å²) in [4.78, 5) is 2.62. The second-order valence-corrected chi connectivity index (χ2v) is 6.75. The monoisotopic (exact) mass is 273 g/mol. The lowest BCUT2D eigenvalue weighted by Crippen LogP contribution is -2.45. The molecule has 20 heavy (non-hydrogen) atoms. The van der Waals surface area contributed by atoms with Crippen LogP contribution in [-0.4, -0.2) is 35.7 Å². The van der Waals surface area contributed by atoms with E-state index in [9.17, 15) is 5.11 Å². The highest BCUT2D eigenvalue weighted by molar-refractivity contribution is 5.27. The van der Waals surface area contributed by atoms with E-state index in [1.807, 2.05) is 0 Å². The van der Waals surface area contributed by atoms with E-state index in [1.165, 1.54) is 30.4 Å². The van der Waals surface area contributed by atoms with Crippen molar-refractivity contribution in [3.63, 3.8) is 0 Å². The molecule has 4 atom stereocenters. The van der Waals surface area contributed by atoms with Crippen LogP contribution < -0.4 is 0 Å². The Morgan fingerprint density at radius 1 is 1.20 bits per heavy atom. The van der Waals surface area contributed by atoms with Gasteiger partial charge in [0.15, 0.2) is 0 Å². The van der Waals surface area contributed by atoms with E-state index in [1.54, 1.807) is 0 Å². The second kappa shape index (κ2) is 5.87. The van der Waals surface area contributed by atoms with Crippen molar-refractivity contribution in [2.24, 2.45) is 5.92 Å². The first kappa shape index (κ1) is 14.1. The molecule has 2 saturated heterocycles. The Labute approximate surface area is 122 Å². The van der Waals surface area contributed by atoms with E-state index < -0.39 is 0 Å². The Bertz CT molecular complexity index is 441. The molecule has 110 valence electrons. The third-order valence-electron chi connectivity index (χ3n) is 5.63. The molecular formula is C18H27NO. The van der Waals surface area contributed by atoms with Gasteiger partial charge < -0.3 is 10.0 Å². The fourth-order valence-electron chi connectivity index (χ4n) is 4.49. The number of fused-ring (bicyclic) bond motifs is 2. The molecular weight excluding hydrogens is 246 g/mol. The largest absolute Gasteiger partial charge is 0.396 e. The van der Waals surface area contributed by atoms with Crippen LogP contribution in [0, 0.1) is 12.8 Å². The molecule has 2 bridgehead atoms. The van der Waals surface area contributed by atoms with E-state index in [-0.39, 0.29) is 0 Å². The summed E-state index contributed by atoms with van der Waals surface area (Å²) in [6.07, 6.45) is 6.11. The summed E-state index contributed by atoms with van der Waals surface area (Å²) in [7, 11) is 2.31. The van der Waals surface area contributed by atoms with Gasteiger partial charge in [-0.05, 0) is 63.5 Å². The van der Waals surface area contributed by atoms with Crippen molar-refractivity contribution in [3.05, 3.63) is 35.4 Å². The number of aryl methyl sites for hydroxylation is 1. The fourth-order valence-corrected chi connectivity index (χ4v) is 4.49. The Balaban J connectivity index is 1.85. The van der Waals surface area contributed by atoms with Crippen LogP contribution in [0.4, 0.5) is 0 Å². The van der Waals surface area contributed by atoms with E-state index in [0.717, 1.165) is 24.9 Å². The van der Waals surface area contributed by atoms with Gasteiger partial charge in [-0.25, -0.2) is 0 Å². The SMILES string of the molecule is Cc1ccc([C@H]2C[C@@H]3CC[C@H]([C@H]2CCCO)N3C)cc1. The summed E-state index contributed by atoms with van der Waals surface area (Å²) in [5.41, 5.74) is 2.86. The van der Waals surface area contributed by atoms with Crippen LogP contribution in [0.5, 0.6) is 0 Å². The number of hydrogen-bond donors (Lipinski definition) is 1. The van der Waals surface area contributed by atoms with E-state index in [0.29, 0.717) is 18.4 Å².